The number of hydrogen-bond acceptors (Lipinski definition) is 5. The molecular formula is C21H12F4N4O5S. The van der Waals surface area contributed by atoms with Gasteiger partial charge in [-0.1, -0.05) is 0 Å². The highest BCUT2D eigenvalue weighted by molar-refractivity contribution is 7.92. The summed E-state index contributed by atoms with van der Waals surface area (Å²) >= 11 is 0. The maximum absolute atomic E-state index is 15.3. The second kappa shape index (κ2) is 8.39. The number of benzene rings is 2. The van der Waals surface area contributed by atoms with Crippen LogP contribution in [0.1, 0.15) is 20.7 Å². The monoisotopic (exact) mass is 508 g/mol. The number of fused-ring (bicyclic) bond motifs is 1. The van der Waals surface area contributed by atoms with E-state index in [1.807, 2.05) is 0 Å². The summed E-state index contributed by atoms with van der Waals surface area (Å²) in [6.07, 6.45) is 2.15. The van der Waals surface area contributed by atoms with E-state index < -0.39 is 67.0 Å². The molecule has 35 heavy (non-hydrogen) atoms. The topological polar surface area (TPSA) is 144 Å². The number of nitrogens with two attached hydrogens (primary N) is 1. The van der Waals surface area contributed by atoms with Crippen LogP contribution in [0.2, 0.25) is 0 Å². The predicted octanol–water partition coefficient (Wildman–Crippen LogP) is 3.18. The van der Waals surface area contributed by atoms with Crippen molar-refractivity contribution in [3.8, 4) is 5.69 Å². The lowest BCUT2D eigenvalue weighted by Gasteiger charge is -2.17. The lowest BCUT2D eigenvalue weighted by molar-refractivity contribution is 0.0696. The summed E-state index contributed by atoms with van der Waals surface area (Å²) < 4.78 is 86.0. The Bertz CT molecular complexity index is 1650. The molecular weight excluding hydrogens is 496 g/mol. The van der Waals surface area contributed by atoms with E-state index in [9.17, 15) is 31.2 Å². The quantitative estimate of drug-likeness (QED) is 0.341. The van der Waals surface area contributed by atoms with Crippen LogP contribution in [0.3, 0.4) is 0 Å². The van der Waals surface area contributed by atoms with Crippen molar-refractivity contribution in [1.82, 2.24) is 9.55 Å². The highest BCUT2D eigenvalue weighted by atomic mass is 32.2. The largest absolute Gasteiger partial charge is 0.478 e. The second-order valence-electron chi connectivity index (χ2n) is 7.11. The number of pyridine rings is 1. The summed E-state index contributed by atoms with van der Waals surface area (Å²) in [6, 6.07) is 4.65. The number of carboxylic acid groups (broad SMARTS) is 1. The highest BCUT2D eigenvalue weighted by Crippen LogP contribution is 2.33. The molecule has 2 heterocycles. The molecule has 0 fully saturated rings. The lowest BCUT2D eigenvalue weighted by Crippen LogP contribution is -2.22. The van der Waals surface area contributed by atoms with Crippen molar-refractivity contribution in [2.75, 3.05) is 4.72 Å². The number of aromatic carboxylic acids is 1. The third-order valence-electron chi connectivity index (χ3n) is 4.90. The summed E-state index contributed by atoms with van der Waals surface area (Å²) in [5, 5.41) is 9.32. The van der Waals surface area contributed by atoms with Crippen LogP contribution in [0, 0.1) is 23.3 Å². The van der Waals surface area contributed by atoms with Gasteiger partial charge in [-0.05, 0) is 30.3 Å². The zero-order chi connectivity index (χ0) is 25.7. The number of anilines is 1. The normalized spacial score (nSPS) is 11.5. The molecule has 0 saturated carbocycles. The minimum absolute atomic E-state index is 0.0435. The van der Waals surface area contributed by atoms with E-state index >= 15 is 4.39 Å². The van der Waals surface area contributed by atoms with Crippen LogP contribution < -0.4 is 10.5 Å². The summed E-state index contributed by atoms with van der Waals surface area (Å²) in [4.78, 5) is 25.6. The second-order valence-corrected chi connectivity index (χ2v) is 8.76. The van der Waals surface area contributed by atoms with Gasteiger partial charge in [-0.3, -0.25) is 14.1 Å². The predicted molar refractivity (Wildman–Crippen MR) is 114 cm³/mol. The average Bonchev–Trinajstić information content (AvgIpc) is 3.20. The van der Waals surface area contributed by atoms with Crippen molar-refractivity contribution < 1.29 is 40.7 Å². The molecule has 9 nitrogen and oxygen atoms in total. The summed E-state index contributed by atoms with van der Waals surface area (Å²) in [5.74, 6) is -8.51. The zero-order valence-corrected chi connectivity index (χ0v) is 17.9. The van der Waals surface area contributed by atoms with E-state index in [1.54, 1.807) is 4.72 Å². The molecule has 4 aromatic rings. The molecule has 180 valence electrons. The Labute approximate surface area is 193 Å². The van der Waals surface area contributed by atoms with Crippen LogP contribution in [-0.2, 0) is 10.0 Å². The van der Waals surface area contributed by atoms with Crippen LogP contribution in [0.4, 0.5) is 23.2 Å². The van der Waals surface area contributed by atoms with E-state index in [4.69, 9.17) is 10.8 Å². The van der Waals surface area contributed by atoms with Crippen molar-refractivity contribution in [3.05, 3.63) is 83.2 Å². The first-order chi connectivity index (χ1) is 16.4. The van der Waals surface area contributed by atoms with Gasteiger partial charge in [-0.15, -0.1) is 0 Å². The Balaban J connectivity index is 1.98. The van der Waals surface area contributed by atoms with Crippen molar-refractivity contribution in [2.45, 2.75) is 4.90 Å². The molecule has 0 aliphatic heterocycles. The standard InChI is InChI=1S/C21H12F4N4O5S/c22-11-1-2-12(23)15(6-11)35(33,34)28-18-14(7-13(24)16(17(18)25)19(26)30)29-4-3-9-5-10(21(31)32)8-27-20(9)29/h1-8,28H,(H2,26,30)(H,31,32). The van der Waals surface area contributed by atoms with Gasteiger partial charge in [0.25, 0.3) is 15.9 Å². The number of primary amides is 1. The molecule has 0 unspecified atom stereocenters. The molecule has 4 N–H and O–H groups in total. The average molecular weight is 508 g/mol. The number of halogens is 4. The first-order valence-electron chi connectivity index (χ1n) is 9.41. The SMILES string of the molecule is NC(=O)c1c(F)cc(-n2ccc3cc(C(=O)O)cnc32)c(NS(=O)(=O)c2cc(F)ccc2F)c1F. The summed E-state index contributed by atoms with van der Waals surface area (Å²) in [7, 11) is -5.02. The van der Waals surface area contributed by atoms with Crippen LogP contribution >= 0.6 is 0 Å². The van der Waals surface area contributed by atoms with Gasteiger partial charge in [-0.25, -0.2) is 35.8 Å². The smallest absolute Gasteiger partial charge is 0.337 e. The Kier molecular flexibility index (Phi) is 5.68. The number of sulfonamides is 1. The molecule has 2 aromatic heterocycles. The summed E-state index contributed by atoms with van der Waals surface area (Å²) in [5.41, 5.74) is 1.93. The molecule has 1 amide bonds. The van der Waals surface area contributed by atoms with Crippen molar-refractivity contribution in [1.29, 1.82) is 0 Å². The Morgan fingerprint density at radius 1 is 1.03 bits per heavy atom. The molecule has 0 bridgehead atoms. The Morgan fingerprint density at radius 3 is 2.40 bits per heavy atom. The summed E-state index contributed by atoms with van der Waals surface area (Å²) in [6.45, 7) is 0. The van der Waals surface area contributed by atoms with Crippen LogP contribution in [-0.4, -0.2) is 35.0 Å². The number of amides is 1. The third-order valence-corrected chi connectivity index (χ3v) is 6.26. The van der Waals surface area contributed by atoms with E-state index in [1.165, 1.54) is 18.3 Å². The number of rotatable bonds is 6. The molecule has 0 aliphatic carbocycles. The fourth-order valence-electron chi connectivity index (χ4n) is 3.33. The molecule has 2 aromatic carbocycles. The van der Waals surface area contributed by atoms with Gasteiger partial charge < -0.3 is 10.8 Å². The van der Waals surface area contributed by atoms with Gasteiger partial charge in [-0.2, -0.15) is 0 Å². The molecule has 0 saturated heterocycles. The van der Waals surface area contributed by atoms with Gasteiger partial charge in [0.1, 0.15) is 39.2 Å². The number of nitrogens with zero attached hydrogens (tertiary/aromatic N) is 2. The fraction of sp³-hybridized carbons (Fsp3) is 0. The van der Waals surface area contributed by atoms with Crippen LogP contribution in [0.25, 0.3) is 16.7 Å². The first-order valence-corrected chi connectivity index (χ1v) is 10.9. The zero-order valence-electron chi connectivity index (χ0n) is 17.1. The van der Waals surface area contributed by atoms with Crippen molar-refractivity contribution in [2.24, 2.45) is 5.73 Å². The number of aromatic nitrogens is 2. The van der Waals surface area contributed by atoms with E-state index in [2.05, 4.69) is 4.98 Å². The number of nitrogens with one attached hydrogen (secondary N) is 1. The number of carbonyl (C=O) groups is 2. The van der Waals surface area contributed by atoms with Crippen molar-refractivity contribution >= 4 is 38.6 Å². The van der Waals surface area contributed by atoms with Gasteiger partial charge in [0.15, 0.2) is 5.82 Å². The molecule has 0 atom stereocenters. The fourth-order valence-corrected chi connectivity index (χ4v) is 4.49. The van der Waals surface area contributed by atoms with E-state index in [0.29, 0.717) is 24.3 Å². The number of hydrogen-bond donors (Lipinski definition) is 3. The lowest BCUT2D eigenvalue weighted by atomic mass is 10.1. The molecule has 0 aliphatic rings. The van der Waals surface area contributed by atoms with E-state index in [-0.39, 0.29) is 16.6 Å². The van der Waals surface area contributed by atoms with Gasteiger partial charge in [0.05, 0.1) is 11.3 Å². The molecule has 4 rings (SSSR count). The highest BCUT2D eigenvalue weighted by Gasteiger charge is 2.29. The van der Waals surface area contributed by atoms with Gasteiger partial charge >= 0.3 is 5.97 Å². The van der Waals surface area contributed by atoms with Crippen LogP contribution in [0.15, 0.2) is 53.7 Å². The number of carboxylic acids is 1. The molecule has 0 spiro atoms. The third kappa shape index (κ3) is 4.14. The minimum atomic E-state index is -5.02. The van der Waals surface area contributed by atoms with Gasteiger partial charge in [0.2, 0.25) is 0 Å². The maximum atomic E-state index is 15.3. The van der Waals surface area contributed by atoms with E-state index in [0.717, 1.165) is 10.8 Å². The van der Waals surface area contributed by atoms with Crippen molar-refractivity contribution in [3.63, 3.8) is 0 Å². The molecule has 0 radical (unpaired) electrons. The maximum Gasteiger partial charge on any atom is 0.337 e. The Hall–Kier alpha value is -4.46. The van der Waals surface area contributed by atoms with Crippen LogP contribution in [0.5, 0.6) is 0 Å². The molecule has 14 heteroatoms. The Morgan fingerprint density at radius 2 is 1.74 bits per heavy atom. The first kappa shape index (κ1) is 23.7. The number of carbonyl (C=O) groups excluding carboxylic acids is 1. The minimum Gasteiger partial charge on any atom is -0.478 e. The van der Waals surface area contributed by atoms with Gasteiger partial charge in [0, 0.05) is 23.8 Å².